The number of ether oxygens (including phenoxy) is 1. The van der Waals surface area contributed by atoms with Crippen LogP contribution >= 0.6 is 11.6 Å². The van der Waals surface area contributed by atoms with Crippen LogP contribution in [0.5, 0.6) is 5.75 Å². The molecular weight excluding hydrogens is 230 g/mol. The lowest BCUT2D eigenvalue weighted by molar-refractivity contribution is -0.138. The SMILES string of the molecule is CC(C)Oc1cc(C(N)C(=O)O)ccc1Cl. The Morgan fingerprint density at radius 1 is 1.50 bits per heavy atom. The Labute approximate surface area is 99.0 Å². The first-order chi connectivity index (χ1) is 7.41. The van der Waals surface area contributed by atoms with E-state index in [1.165, 1.54) is 0 Å². The van der Waals surface area contributed by atoms with Gasteiger partial charge in [0, 0.05) is 0 Å². The summed E-state index contributed by atoms with van der Waals surface area (Å²) in [6.45, 7) is 3.72. The van der Waals surface area contributed by atoms with E-state index in [9.17, 15) is 4.79 Å². The molecule has 4 nitrogen and oxygen atoms in total. The molecule has 0 aliphatic rings. The van der Waals surface area contributed by atoms with Crippen molar-refractivity contribution in [3.63, 3.8) is 0 Å². The van der Waals surface area contributed by atoms with Gasteiger partial charge in [-0.1, -0.05) is 17.7 Å². The van der Waals surface area contributed by atoms with Crippen LogP contribution in [0, 0.1) is 0 Å². The molecule has 0 heterocycles. The minimum absolute atomic E-state index is 0.0335. The molecule has 0 aliphatic heterocycles. The van der Waals surface area contributed by atoms with Crippen molar-refractivity contribution in [3.8, 4) is 5.75 Å². The summed E-state index contributed by atoms with van der Waals surface area (Å²) < 4.78 is 5.44. The summed E-state index contributed by atoms with van der Waals surface area (Å²) in [4.78, 5) is 10.7. The quantitative estimate of drug-likeness (QED) is 0.851. The van der Waals surface area contributed by atoms with E-state index >= 15 is 0 Å². The number of carbonyl (C=O) groups is 1. The molecule has 16 heavy (non-hydrogen) atoms. The molecule has 1 unspecified atom stereocenters. The molecule has 5 heteroatoms. The lowest BCUT2D eigenvalue weighted by Gasteiger charge is -2.14. The number of halogens is 1. The fourth-order valence-electron chi connectivity index (χ4n) is 1.20. The standard InChI is InChI=1S/C11H14ClNO3/c1-6(2)16-9-5-7(3-4-8(9)12)10(13)11(14)15/h3-6,10H,13H2,1-2H3,(H,14,15). The molecule has 1 aromatic carbocycles. The number of carboxylic acid groups (broad SMARTS) is 1. The number of benzene rings is 1. The molecule has 1 atom stereocenters. The lowest BCUT2D eigenvalue weighted by atomic mass is 10.1. The molecule has 88 valence electrons. The molecule has 0 amide bonds. The third-order valence-electron chi connectivity index (χ3n) is 1.94. The molecule has 0 aromatic heterocycles. The van der Waals surface area contributed by atoms with Crippen LogP contribution in [0.1, 0.15) is 25.5 Å². The van der Waals surface area contributed by atoms with Crippen LogP contribution in [0.3, 0.4) is 0 Å². The highest BCUT2D eigenvalue weighted by Crippen LogP contribution is 2.28. The van der Waals surface area contributed by atoms with Crippen LogP contribution in [0.25, 0.3) is 0 Å². The number of aliphatic carboxylic acids is 1. The summed E-state index contributed by atoms with van der Waals surface area (Å²) in [6, 6.07) is 3.65. The first-order valence-electron chi connectivity index (χ1n) is 4.86. The van der Waals surface area contributed by atoms with E-state index in [0.29, 0.717) is 16.3 Å². The van der Waals surface area contributed by atoms with Gasteiger partial charge in [-0.25, -0.2) is 0 Å². The fourth-order valence-corrected chi connectivity index (χ4v) is 1.36. The second-order valence-electron chi connectivity index (χ2n) is 3.67. The number of hydrogen-bond donors (Lipinski definition) is 2. The maximum atomic E-state index is 10.7. The van der Waals surface area contributed by atoms with E-state index < -0.39 is 12.0 Å². The van der Waals surface area contributed by atoms with Crippen molar-refractivity contribution in [1.82, 2.24) is 0 Å². The zero-order valence-corrected chi connectivity index (χ0v) is 9.86. The third kappa shape index (κ3) is 3.12. The topological polar surface area (TPSA) is 72.5 Å². The summed E-state index contributed by atoms with van der Waals surface area (Å²) >= 11 is 5.91. The van der Waals surface area contributed by atoms with E-state index in [0.717, 1.165) is 0 Å². The third-order valence-corrected chi connectivity index (χ3v) is 2.26. The number of hydrogen-bond acceptors (Lipinski definition) is 3. The Balaban J connectivity index is 3.02. The van der Waals surface area contributed by atoms with Crippen LogP contribution in [0.15, 0.2) is 18.2 Å². The van der Waals surface area contributed by atoms with Gasteiger partial charge in [0.2, 0.25) is 0 Å². The lowest BCUT2D eigenvalue weighted by Crippen LogP contribution is -2.20. The average molecular weight is 244 g/mol. The van der Waals surface area contributed by atoms with Crippen molar-refractivity contribution in [2.45, 2.75) is 26.0 Å². The number of nitrogens with two attached hydrogens (primary N) is 1. The maximum Gasteiger partial charge on any atom is 0.325 e. The van der Waals surface area contributed by atoms with Gasteiger partial charge in [0.25, 0.3) is 0 Å². The second kappa shape index (κ2) is 5.18. The van der Waals surface area contributed by atoms with Gasteiger partial charge in [-0.15, -0.1) is 0 Å². The highest BCUT2D eigenvalue weighted by atomic mass is 35.5. The molecule has 0 spiro atoms. The van der Waals surface area contributed by atoms with Gasteiger partial charge in [-0.2, -0.15) is 0 Å². The molecule has 0 bridgehead atoms. The molecule has 3 N–H and O–H groups in total. The van der Waals surface area contributed by atoms with Gasteiger partial charge < -0.3 is 15.6 Å². The molecule has 1 rings (SSSR count). The Morgan fingerprint density at radius 2 is 2.12 bits per heavy atom. The molecule has 0 fully saturated rings. The van der Waals surface area contributed by atoms with E-state index in [1.807, 2.05) is 13.8 Å². The van der Waals surface area contributed by atoms with E-state index in [1.54, 1.807) is 18.2 Å². The zero-order chi connectivity index (χ0) is 12.3. The monoisotopic (exact) mass is 243 g/mol. The predicted molar refractivity (Wildman–Crippen MR) is 61.8 cm³/mol. The number of rotatable bonds is 4. The summed E-state index contributed by atoms with van der Waals surface area (Å²) in [5.41, 5.74) is 5.95. The first-order valence-corrected chi connectivity index (χ1v) is 5.24. The summed E-state index contributed by atoms with van der Waals surface area (Å²) in [7, 11) is 0. The molecule has 0 saturated heterocycles. The van der Waals surface area contributed by atoms with Crippen LogP contribution in [0.2, 0.25) is 5.02 Å². The van der Waals surface area contributed by atoms with E-state index in [-0.39, 0.29) is 6.10 Å². The van der Waals surface area contributed by atoms with Crippen molar-refractivity contribution in [1.29, 1.82) is 0 Å². The Morgan fingerprint density at radius 3 is 2.62 bits per heavy atom. The fraction of sp³-hybridized carbons (Fsp3) is 0.364. The molecule has 0 saturated carbocycles. The van der Waals surface area contributed by atoms with Crippen LogP contribution in [0.4, 0.5) is 0 Å². The van der Waals surface area contributed by atoms with Gasteiger partial charge in [-0.05, 0) is 31.5 Å². The van der Waals surface area contributed by atoms with Gasteiger partial charge >= 0.3 is 5.97 Å². The Kier molecular flexibility index (Phi) is 4.15. The minimum atomic E-state index is -1.09. The van der Waals surface area contributed by atoms with Crippen molar-refractivity contribution in [3.05, 3.63) is 28.8 Å². The van der Waals surface area contributed by atoms with Gasteiger partial charge in [0.15, 0.2) is 0 Å². The van der Waals surface area contributed by atoms with Crippen molar-refractivity contribution >= 4 is 17.6 Å². The van der Waals surface area contributed by atoms with E-state index in [4.69, 9.17) is 27.2 Å². The van der Waals surface area contributed by atoms with E-state index in [2.05, 4.69) is 0 Å². The highest BCUT2D eigenvalue weighted by Gasteiger charge is 2.16. The van der Waals surface area contributed by atoms with Crippen molar-refractivity contribution in [2.75, 3.05) is 0 Å². The zero-order valence-electron chi connectivity index (χ0n) is 9.11. The molecular formula is C11H14ClNO3. The van der Waals surface area contributed by atoms with Crippen LogP contribution in [-0.2, 0) is 4.79 Å². The van der Waals surface area contributed by atoms with Gasteiger partial charge in [0.1, 0.15) is 11.8 Å². The molecule has 1 aromatic rings. The summed E-state index contributed by atoms with van der Waals surface area (Å²) in [5.74, 6) is -0.635. The highest BCUT2D eigenvalue weighted by molar-refractivity contribution is 6.32. The van der Waals surface area contributed by atoms with Crippen LogP contribution < -0.4 is 10.5 Å². The van der Waals surface area contributed by atoms with Crippen LogP contribution in [-0.4, -0.2) is 17.2 Å². The Hall–Kier alpha value is -1.26. The maximum absolute atomic E-state index is 10.7. The summed E-state index contributed by atoms with van der Waals surface area (Å²) in [6.07, 6.45) is -0.0335. The predicted octanol–water partition coefficient (Wildman–Crippen LogP) is 2.21. The Bertz CT molecular complexity index is 393. The minimum Gasteiger partial charge on any atom is -0.489 e. The van der Waals surface area contributed by atoms with Gasteiger partial charge in [-0.3, -0.25) is 4.79 Å². The van der Waals surface area contributed by atoms with Crippen molar-refractivity contribution in [2.24, 2.45) is 5.73 Å². The average Bonchev–Trinajstić information content (AvgIpc) is 2.19. The van der Waals surface area contributed by atoms with Gasteiger partial charge in [0.05, 0.1) is 11.1 Å². The molecule has 0 aliphatic carbocycles. The second-order valence-corrected chi connectivity index (χ2v) is 4.08. The van der Waals surface area contributed by atoms with Crippen molar-refractivity contribution < 1.29 is 14.6 Å². The smallest absolute Gasteiger partial charge is 0.325 e. The normalized spacial score (nSPS) is 12.6. The largest absolute Gasteiger partial charge is 0.489 e. The molecule has 0 radical (unpaired) electrons. The first kappa shape index (κ1) is 12.8. The number of carboxylic acids is 1. The summed E-state index contributed by atoms with van der Waals surface area (Å²) in [5, 5.41) is 9.22.